The summed E-state index contributed by atoms with van der Waals surface area (Å²) in [5, 5.41) is 0. The van der Waals surface area contributed by atoms with Crippen LogP contribution in [0.1, 0.15) is 38.2 Å². The second-order valence-electron chi connectivity index (χ2n) is 6.05. The number of likely N-dealkylation sites (tertiary alicyclic amines) is 1. The highest BCUT2D eigenvalue weighted by Gasteiger charge is 2.24. The van der Waals surface area contributed by atoms with Crippen molar-refractivity contribution >= 4 is 5.91 Å². The number of hydrogen-bond acceptors (Lipinski definition) is 3. The molecule has 0 aliphatic carbocycles. The molecule has 1 fully saturated rings. The van der Waals surface area contributed by atoms with Gasteiger partial charge in [0.25, 0.3) is 0 Å². The molecule has 1 aromatic carbocycles. The average molecular weight is 304 g/mol. The maximum absolute atomic E-state index is 12.5. The highest BCUT2D eigenvalue weighted by Crippen LogP contribution is 2.16. The Morgan fingerprint density at radius 3 is 2.82 bits per heavy atom. The number of carbonyl (C=O) groups is 1. The summed E-state index contributed by atoms with van der Waals surface area (Å²) in [5.41, 5.74) is 7.24. The molecule has 4 heteroatoms. The number of nitrogens with zero attached hydrogens (tertiary/aromatic N) is 1. The molecule has 0 radical (unpaired) electrons. The van der Waals surface area contributed by atoms with Crippen LogP contribution < -0.4 is 5.73 Å². The molecular weight excluding hydrogens is 276 g/mol. The van der Waals surface area contributed by atoms with Crippen LogP contribution >= 0.6 is 0 Å². The van der Waals surface area contributed by atoms with E-state index < -0.39 is 6.04 Å². The van der Waals surface area contributed by atoms with Gasteiger partial charge in [0, 0.05) is 19.7 Å². The molecule has 1 aromatic rings. The van der Waals surface area contributed by atoms with Gasteiger partial charge in [-0.25, -0.2) is 0 Å². The van der Waals surface area contributed by atoms with Crippen molar-refractivity contribution in [3.05, 3.63) is 35.9 Å². The summed E-state index contributed by atoms with van der Waals surface area (Å²) in [6.07, 6.45) is 4.90. The van der Waals surface area contributed by atoms with Crippen LogP contribution in [0.15, 0.2) is 30.3 Å². The third-order valence-corrected chi connectivity index (χ3v) is 4.16. The number of amides is 1. The molecule has 1 amide bonds. The monoisotopic (exact) mass is 304 g/mol. The molecule has 0 spiro atoms. The Morgan fingerprint density at radius 2 is 2.09 bits per heavy atom. The van der Waals surface area contributed by atoms with Crippen LogP contribution in [0.3, 0.4) is 0 Å². The summed E-state index contributed by atoms with van der Waals surface area (Å²) >= 11 is 0. The van der Waals surface area contributed by atoms with Crippen molar-refractivity contribution in [2.75, 3.05) is 19.7 Å². The lowest BCUT2D eigenvalue weighted by atomic mass is 10.1. The van der Waals surface area contributed by atoms with Crippen LogP contribution in [0.25, 0.3) is 0 Å². The predicted octanol–water partition coefficient (Wildman–Crippen LogP) is 2.36. The molecular formula is C18H28N2O2. The molecule has 1 heterocycles. The quantitative estimate of drug-likeness (QED) is 0.878. The van der Waals surface area contributed by atoms with E-state index in [-0.39, 0.29) is 5.91 Å². The fourth-order valence-electron chi connectivity index (χ4n) is 2.93. The lowest BCUT2D eigenvalue weighted by molar-refractivity contribution is -0.132. The van der Waals surface area contributed by atoms with Gasteiger partial charge in [-0.2, -0.15) is 0 Å². The Kier molecular flexibility index (Phi) is 6.87. The fraction of sp³-hybridized carbons (Fsp3) is 0.611. The Balaban J connectivity index is 1.84. The molecule has 0 unspecified atom stereocenters. The van der Waals surface area contributed by atoms with Gasteiger partial charge in [-0.05, 0) is 37.7 Å². The number of hydrogen-bond donors (Lipinski definition) is 1. The largest absolute Gasteiger partial charge is 0.378 e. The van der Waals surface area contributed by atoms with Gasteiger partial charge in [0.2, 0.25) is 5.91 Å². The van der Waals surface area contributed by atoms with Crippen molar-refractivity contribution in [3.8, 4) is 0 Å². The van der Waals surface area contributed by atoms with Crippen molar-refractivity contribution in [1.29, 1.82) is 0 Å². The van der Waals surface area contributed by atoms with Crippen molar-refractivity contribution in [2.45, 2.75) is 51.2 Å². The summed E-state index contributed by atoms with van der Waals surface area (Å²) in [7, 11) is 0. The molecule has 0 aromatic heterocycles. The summed E-state index contributed by atoms with van der Waals surface area (Å²) in [4.78, 5) is 14.5. The van der Waals surface area contributed by atoms with E-state index in [1.54, 1.807) is 0 Å². The van der Waals surface area contributed by atoms with Gasteiger partial charge in [-0.15, -0.1) is 0 Å². The third kappa shape index (κ3) is 5.11. The van der Waals surface area contributed by atoms with Gasteiger partial charge in [0.15, 0.2) is 0 Å². The highest BCUT2D eigenvalue weighted by molar-refractivity contribution is 5.82. The molecule has 2 atom stereocenters. The van der Waals surface area contributed by atoms with Gasteiger partial charge >= 0.3 is 0 Å². The summed E-state index contributed by atoms with van der Waals surface area (Å²) in [6, 6.07) is 9.52. The zero-order chi connectivity index (χ0) is 15.8. The third-order valence-electron chi connectivity index (χ3n) is 4.16. The second-order valence-corrected chi connectivity index (χ2v) is 6.05. The minimum Gasteiger partial charge on any atom is -0.378 e. The zero-order valence-electron chi connectivity index (χ0n) is 13.5. The molecule has 122 valence electrons. The van der Waals surface area contributed by atoms with Gasteiger partial charge < -0.3 is 15.4 Å². The summed E-state index contributed by atoms with van der Waals surface area (Å²) in [5.74, 6) is 0.0694. The molecule has 1 saturated heterocycles. The van der Waals surface area contributed by atoms with Crippen molar-refractivity contribution in [3.63, 3.8) is 0 Å². The first-order chi connectivity index (χ1) is 10.7. The smallest absolute Gasteiger partial charge is 0.239 e. The standard InChI is InChI=1S/C18H28N2O2/c1-2-13-22-16-9-6-11-20(12-10-16)18(21)17(19)14-15-7-4-3-5-8-15/h3-5,7-8,16-17H,2,6,9-14,19H2,1H3/t16-,17-/m1/s1. The molecule has 1 aliphatic rings. The number of rotatable bonds is 6. The van der Waals surface area contributed by atoms with E-state index in [0.717, 1.165) is 50.9 Å². The van der Waals surface area contributed by atoms with Crippen LogP contribution in [0.2, 0.25) is 0 Å². The number of ether oxygens (including phenoxy) is 1. The van der Waals surface area contributed by atoms with E-state index >= 15 is 0 Å². The lowest BCUT2D eigenvalue weighted by Crippen LogP contribution is -2.45. The first-order valence-corrected chi connectivity index (χ1v) is 8.40. The Bertz CT molecular complexity index is 450. The van der Waals surface area contributed by atoms with Gasteiger partial charge in [0.1, 0.15) is 0 Å². The van der Waals surface area contributed by atoms with Crippen LogP contribution in [-0.4, -0.2) is 42.6 Å². The Labute approximate surface area is 133 Å². The fourth-order valence-corrected chi connectivity index (χ4v) is 2.93. The molecule has 22 heavy (non-hydrogen) atoms. The molecule has 2 N–H and O–H groups in total. The summed E-state index contributed by atoms with van der Waals surface area (Å²) in [6.45, 7) is 4.49. The Morgan fingerprint density at radius 1 is 1.32 bits per heavy atom. The second kappa shape index (κ2) is 8.91. The normalized spacial score (nSPS) is 20.5. The van der Waals surface area contributed by atoms with E-state index in [2.05, 4.69) is 6.92 Å². The van der Waals surface area contributed by atoms with Crippen LogP contribution in [0, 0.1) is 0 Å². The number of benzene rings is 1. The van der Waals surface area contributed by atoms with Crippen molar-refractivity contribution in [1.82, 2.24) is 4.90 Å². The molecule has 1 aliphatic heterocycles. The van der Waals surface area contributed by atoms with E-state index in [4.69, 9.17) is 10.5 Å². The molecule has 0 bridgehead atoms. The predicted molar refractivity (Wildman–Crippen MR) is 88.6 cm³/mol. The topological polar surface area (TPSA) is 55.6 Å². The van der Waals surface area contributed by atoms with E-state index in [1.165, 1.54) is 0 Å². The summed E-state index contributed by atoms with van der Waals surface area (Å²) < 4.78 is 5.83. The van der Waals surface area contributed by atoms with Crippen LogP contribution in [0.4, 0.5) is 0 Å². The van der Waals surface area contributed by atoms with Gasteiger partial charge in [0.05, 0.1) is 12.1 Å². The zero-order valence-corrected chi connectivity index (χ0v) is 13.5. The molecule has 0 saturated carbocycles. The lowest BCUT2D eigenvalue weighted by Gasteiger charge is -2.24. The van der Waals surface area contributed by atoms with Gasteiger partial charge in [-0.3, -0.25) is 4.79 Å². The van der Waals surface area contributed by atoms with Gasteiger partial charge in [-0.1, -0.05) is 37.3 Å². The first-order valence-electron chi connectivity index (χ1n) is 8.40. The number of nitrogens with two attached hydrogens (primary N) is 1. The van der Waals surface area contributed by atoms with E-state index in [1.807, 2.05) is 35.2 Å². The highest BCUT2D eigenvalue weighted by atomic mass is 16.5. The SMILES string of the molecule is CCCO[C@@H]1CCCN(C(=O)[C@H](N)Cc2ccccc2)CC1. The van der Waals surface area contributed by atoms with E-state index in [0.29, 0.717) is 12.5 Å². The van der Waals surface area contributed by atoms with Crippen LogP contribution in [-0.2, 0) is 16.0 Å². The van der Waals surface area contributed by atoms with E-state index in [9.17, 15) is 4.79 Å². The molecule has 4 nitrogen and oxygen atoms in total. The molecule has 2 rings (SSSR count). The average Bonchev–Trinajstić information content (AvgIpc) is 2.78. The minimum atomic E-state index is -0.449. The number of carbonyl (C=O) groups excluding carboxylic acids is 1. The van der Waals surface area contributed by atoms with Crippen molar-refractivity contribution in [2.24, 2.45) is 5.73 Å². The maximum Gasteiger partial charge on any atom is 0.239 e. The Hall–Kier alpha value is -1.39. The van der Waals surface area contributed by atoms with Crippen LogP contribution in [0.5, 0.6) is 0 Å². The maximum atomic E-state index is 12.5. The van der Waals surface area contributed by atoms with Crippen molar-refractivity contribution < 1.29 is 9.53 Å². The first kappa shape index (κ1) is 17.0. The minimum absolute atomic E-state index is 0.0694.